The molecule has 0 aromatic heterocycles. The number of benzene rings is 3. The number of carbonyl (C=O) groups excluding carboxylic acids is 5. The van der Waals surface area contributed by atoms with Gasteiger partial charge >= 0.3 is 13.9 Å². The van der Waals surface area contributed by atoms with Gasteiger partial charge in [-0.1, -0.05) is 36.4 Å². The third-order valence-electron chi connectivity index (χ3n) is 6.59. The van der Waals surface area contributed by atoms with Gasteiger partial charge in [0.15, 0.2) is 0 Å². The number of phenolic OH excluding ortho intramolecular Hbond substituents is 1. The molecule has 3 atom stereocenters. The first-order valence-electron chi connectivity index (χ1n) is 14.2. The first-order chi connectivity index (χ1) is 22.6. The molecule has 3 aromatic rings. The molecular weight excluding hydrogens is 651 g/mol. The van der Waals surface area contributed by atoms with E-state index in [2.05, 4.69) is 20.5 Å². The molecule has 3 aromatic carbocycles. The van der Waals surface area contributed by atoms with E-state index in [4.69, 9.17) is 31.7 Å². The summed E-state index contributed by atoms with van der Waals surface area (Å²) in [6.45, 7) is -0.195. The molecule has 0 fully saturated rings. The maximum absolute atomic E-state index is 13.7. The standard InChI is InChI=1S/C30H35N6O11P/c31-20-3-1-2-19(12-20)16-46-30(42)36-25(14-18-6-10-22(11-7-18)47-48(43,44)45)29(41)35-24(13-17-4-8-21(37)9-5-17)28(40)34-23(27(33)39)15-26(32)38/h1-12,23-25,37H,13-16,31H2,(H2,32,38)(H2,33,39)(H,34,40)(H,35,41)(H,36,42)(H2,43,44,45)/t23-,24-,25-/m0/s1. The van der Waals surface area contributed by atoms with Crippen LogP contribution in [0, 0.1) is 0 Å². The number of nitrogens with one attached hydrogen (secondary N) is 3. The molecular formula is C30H35N6O11P. The lowest BCUT2D eigenvalue weighted by Gasteiger charge is -2.25. The molecule has 12 N–H and O–H groups in total. The molecule has 0 aliphatic carbocycles. The summed E-state index contributed by atoms with van der Waals surface area (Å²) in [5, 5.41) is 16.9. The van der Waals surface area contributed by atoms with Crippen molar-refractivity contribution >= 4 is 43.2 Å². The van der Waals surface area contributed by atoms with Crippen LogP contribution in [0.25, 0.3) is 0 Å². The predicted molar refractivity (Wildman–Crippen MR) is 169 cm³/mol. The number of amides is 5. The second-order valence-electron chi connectivity index (χ2n) is 10.5. The van der Waals surface area contributed by atoms with Gasteiger partial charge < -0.3 is 47.5 Å². The third-order valence-corrected chi connectivity index (χ3v) is 7.04. The number of aromatic hydroxyl groups is 1. The topological polar surface area (TPSA) is 296 Å². The summed E-state index contributed by atoms with van der Waals surface area (Å²) >= 11 is 0. The summed E-state index contributed by atoms with van der Waals surface area (Å²) in [7, 11) is -4.83. The van der Waals surface area contributed by atoms with E-state index in [1.807, 2.05) is 0 Å². The summed E-state index contributed by atoms with van der Waals surface area (Å²) in [5.74, 6) is -3.98. The van der Waals surface area contributed by atoms with Gasteiger partial charge in [0.25, 0.3) is 0 Å². The average Bonchev–Trinajstić information content (AvgIpc) is 3.00. The van der Waals surface area contributed by atoms with Gasteiger partial charge in [0.1, 0.15) is 36.2 Å². The number of nitrogen functional groups attached to an aromatic ring is 1. The monoisotopic (exact) mass is 686 g/mol. The second kappa shape index (κ2) is 16.8. The Bertz CT molecular complexity index is 1660. The van der Waals surface area contributed by atoms with Crippen LogP contribution in [0.1, 0.15) is 23.1 Å². The fourth-order valence-electron chi connectivity index (χ4n) is 4.33. The molecule has 0 saturated heterocycles. The molecule has 0 spiro atoms. The number of nitrogens with two attached hydrogens (primary N) is 3. The van der Waals surface area contributed by atoms with Crippen LogP contribution in [0.3, 0.4) is 0 Å². The van der Waals surface area contributed by atoms with Gasteiger partial charge in [0.05, 0.1) is 6.42 Å². The van der Waals surface area contributed by atoms with Crippen molar-refractivity contribution in [3.63, 3.8) is 0 Å². The molecule has 17 nitrogen and oxygen atoms in total. The molecule has 0 heterocycles. The van der Waals surface area contributed by atoms with Crippen molar-refractivity contribution in [1.82, 2.24) is 16.0 Å². The van der Waals surface area contributed by atoms with Crippen molar-refractivity contribution in [1.29, 1.82) is 0 Å². The van der Waals surface area contributed by atoms with E-state index >= 15 is 0 Å². The Morgan fingerprint density at radius 2 is 1.29 bits per heavy atom. The summed E-state index contributed by atoms with van der Waals surface area (Å²) in [6.07, 6.45) is -1.98. The predicted octanol–water partition coefficient (Wildman–Crippen LogP) is -0.144. The third kappa shape index (κ3) is 12.6. The van der Waals surface area contributed by atoms with Crippen LogP contribution in [0.15, 0.2) is 72.8 Å². The number of carbonyl (C=O) groups is 5. The van der Waals surface area contributed by atoms with Gasteiger partial charge in [-0.15, -0.1) is 0 Å². The summed E-state index contributed by atoms with van der Waals surface area (Å²) < 4.78 is 21.0. The van der Waals surface area contributed by atoms with Crippen molar-refractivity contribution in [2.45, 2.75) is 44.0 Å². The maximum atomic E-state index is 13.7. The molecule has 48 heavy (non-hydrogen) atoms. The van der Waals surface area contributed by atoms with E-state index in [9.17, 15) is 33.6 Å². The lowest BCUT2D eigenvalue weighted by atomic mass is 10.0. The zero-order valence-electron chi connectivity index (χ0n) is 25.3. The summed E-state index contributed by atoms with van der Waals surface area (Å²) in [4.78, 5) is 81.3. The van der Waals surface area contributed by atoms with E-state index in [0.717, 1.165) is 0 Å². The number of phosphoric ester groups is 1. The summed E-state index contributed by atoms with van der Waals surface area (Å²) in [5.41, 5.74) is 18.1. The number of hydrogen-bond acceptors (Lipinski definition) is 10. The van der Waals surface area contributed by atoms with Crippen molar-refractivity contribution in [2.24, 2.45) is 11.5 Å². The van der Waals surface area contributed by atoms with Crippen molar-refractivity contribution in [3.05, 3.63) is 89.5 Å². The second-order valence-corrected chi connectivity index (χ2v) is 11.7. The minimum Gasteiger partial charge on any atom is -0.508 e. The Morgan fingerprint density at radius 3 is 1.81 bits per heavy atom. The van der Waals surface area contributed by atoms with Gasteiger partial charge in [-0.3, -0.25) is 29.0 Å². The van der Waals surface area contributed by atoms with Crippen LogP contribution in [-0.2, 0) is 47.9 Å². The average molecular weight is 687 g/mol. The van der Waals surface area contributed by atoms with Crippen LogP contribution >= 0.6 is 7.82 Å². The summed E-state index contributed by atoms with van der Waals surface area (Å²) in [6, 6.07) is 13.2. The van der Waals surface area contributed by atoms with Gasteiger partial charge in [-0.05, 0) is 53.1 Å². The quantitative estimate of drug-likeness (QED) is 0.0703. The normalized spacial score (nSPS) is 12.9. The molecule has 0 saturated carbocycles. The molecule has 18 heteroatoms. The Labute approximate surface area is 274 Å². The number of rotatable bonds is 16. The Kier molecular flexibility index (Phi) is 12.9. The zero-order chi connectivity index (χ0) is 35.4. The van der Waals surface area contributed by atoms with Crippen LogP contribution in [0.4, 0.5) is 10.5 Å². The first kappa shape index (κ1) is 36.8. The number of phenols is 1. The van der Waals surface area contributed by atoms with E-state index in [1.165, 1.54) is 48.5 Å². The maximum Gasteiger partial charge on any atom is 0.524 e. The highest BCUT2D eigenvalue weighted by Crippen LogP contribution is 2.37. The Balaban J connectivity index is 1.86. The van der Waals surface area contributed by atoms with E-state index in [1.54, 1.807) is 24.3 Å². The molecule has 0 aliphatic rings. The molecule has 3 rings (SSSR count). The van der Waals surface area contributed by atoms with Crippen LogP contribution in [0.2, 0.25) is 0 Å². The van der Waals surface area contributed by atoms with Crippen LogP contribution in [-0.4, -0.2) is 62.7 Å². The van der Waals surface area contributed by atoms with Gasteiger partial charge in [0, 0.05) is 18.5 Å². The number of ether oxygens (including phenoxy) is 1. The van der Waals surface area contributed by atoms with Gasteiger partial charge in [-0.25, -0.2) is 9.36 Å². The highest BCUT2D eigenvalue weighted by Gasteiger charge is 2.30. The largest absolute Gasteiger partial charge is 0.524 e. The molecule has 0 aliphatic heterocycles. The Morgan fingerprint density at radius 1 is 0.750 bits per heavy atom. The smallest absolute Gasteiger partial charge is 0.508 e. The first-order valence-corrected chi connectivity index (χ1v) is 15.7. The fourth-order valence-corrected chi connectivity index (χ4v) is 4.73. The number of alkyl carbamates (subject to hydrolysis) is 1. The minimum absolute atomic E-state index is 0.0581. The SMILES string of the molecule is NC(=O)C[C@H](NC(=O)[C@H](Cc1ccc(O)cc1)NC(=O)[C@H](Cc1ccc(OP(=O)(O)O)cc1)NC(=O)OCc1cccc(N)c1)C(N)=O. The van der Waals surface area contributed by atoms with E-state index < -0.39 is 62.1 Å². The lowest BCUT2D eigenvalue weighted by Crippen LogP contribution is -2.57. The van der Waals surface area contributed by atoms with Crippen molar-refractivity contribution in [2.75, 3.05) is 5.73 Å². The fraction of sp³-hybridized carbons (Fsp3) is 0.233. The van der Waals surface area contributed by atoms with E-state index in [0.29, 0.717) is 22.4 Å². The van der Waals surface area contributed by atoms with Gasteiger partial charge in [-0.2, -0.15) is 0 Å². The lowest BCUT2D eigenvalue weighted by molar-refractivity contribution is -0.133. The van der Waals surface area contributed by atoms with Crippen molar-refractivity contribution < 1.29 is 52.7 Å². The molecule has 0 bridgehead atoms. The van der Waals surface area contributed by atoms with E-state index in [-0.39, 0.29) is 30.9 Å². The van der Waals surface area contributed by atoms with Crippen LogP contribution in [0.5, 0.6) is 11.5 Å². The molecule has 256 valence electrons. The number of anilines is 1. The van der Waals surface area contributed by atoms with Gasteiger partial charge in [0.2, 0.25) is 23.6 Å². The number of hydrogen-bond donors (Lipinski definition) is 9. The minimum atomic E-state index is -4.83. The van der Waals surface area contributed by atoms with Crippen molar-refractivity contribution in [3.8, 4) is 11.5 Å². The molecule has 0 radical (unpaired) electrons. The number of phosphoric acid groups is 1. The molecule has 0 unspecified atom stereocenters. The molecule has 5 amide bonds. The number of primary amides is 2. The Hall–Kier alpha value is -5.64. The van der Waals surface area contributed by atoms with Crippen LogP contribution < -0.4 is 37.7 Å². The zero-order valence-corrected chi connectivity index (χ0v) is 26.2. The highest BCUT2D eigenvalue weighted by atomic mass is 31.2. The highest BCUT2D eigenvalue weighted by molar-refractivity contribution is 7.46.